The molecule has 0 aliphatic heterocycles. The number of hydrogen-bond acceptors (Lipinski definition) is 5. The average Bonchev–Trinajstić information content (AvgIpc) is 3.13. The molecule has 0 atom stereocenters. The summed E-state index contributed by atoms with van der Waals surface area (Å²) in [7, 11) is 0. The van der Waals surface area contributed by atoms with Gasteiger partial charge in [0, 0.05) is 29.4 Å². The van der Waals surface area contributed by atoms with Gasteiger partial charge in [-0.1, -0.05) is 0 Å². The van der Waals surface area contributed by atoms with Crippen LogP contribution in [0.15, 0.2) is 18.2 Å². The lowest BCUT2D eigenvalue weighted by Gasteiger charge is -2.08. The number of nitrogens with two attached hydrogens (primary N) is 1. The van der Waals surface area contributed by atoms with E-state index in [1.54, 1.807) is 0 Å². The summed E-state index contributed by atoms with van der Waals surface area (Å²) >= 11 is 0. The minimum Gasteiger partial charge on any atom is -0.398 e. The second kappa shape index (κ2) is 4.04. The number of hydrogen-bond donors (Lipinski definition) is 1. The molecule has 1 aromatic carbocycles. The first-order valence-electron chi connectivity index (χ1n) is 6.03. The van der Waals surface area contributed by atoms with Crippen molar-refractivity contribution in [1.29, 1.82) is 0 Å². The second-order valence-electron chi connectivity index (χ2n) is 4.70. The van der Waals surface area contributed by atoms with Crippen LogP contribution in [-0.2, 0) is 0 Å². The summed E-state index contributed by atoms with van der Waals surface area (Å²) in [4.78, 5) is 10.4. The van der Waals surface area contributed by atoms with Crippen LogP contribution in [-0.4, -0.2) is 19.7 Å². The zero-order valence-electron chi connectivity index (χ0n) is 10.4. The van der Waals surface area contributed by atoms with Crippen molar-refractivity contribution in [3.8, 4) is 11.4 Å². The van der Waals surface area contributed by atoms with Crippen molar-refractivity contribution in [2.75, 3.05) is 5.73 Å². The van der Waals surface area contributed by atoms with Crippen molar-refractivity contribution in [2.24, 2.45) is 0 Å². The van der Waals surface area contributed by atoms with Crippen LogP contribution in [0.3, 0.4) is 0 Å². The van der Waals surface area contributed by atoms with Gasteiger partial charge in [-0.05, 0) is 25.8 Å². The molecule has 1 fully saturated rings. The molecule has 98 valence electrons. The Bertz CT molecular complexity index is 660. The van der Waals surface area contributed by atoms with E-state index in [1.807, 2.05) is 11.5 Å². The van der Waals surface area contributed by atoms with E-state index in [0.29, 0.717) is 23.1 Å². The van der Waals surface area contributed by atoms with E-state index in [2.05, 4.69) is 10.2 Å². The van der Waals surface area contributed by atoms with Gasteiger partial charge in [0.05, 0.1) is 4.92 Å². The Morgan fingerprint density at radius 1 is 1.42 bits per heavy atom. The van der Waals surface area contributed by atoms with Crippen molar-refractivity contribution in [1.82, 2.24) is 14.8 Å². The van der Waals surface area contributed by atoms with E-state index >= 15 is 0 Å². The number of aryl methyl sites for hydroxylation is 1. The van der Waals surface area contributed by atoms with Crippen LogP contribution in [0.1, 0.15) is 24.7 Å². The highest BCUT2D eigenvalue weighted by Gasteiger charge is 2.29. The molecular formula is C12H13N5O2. The molecule has 1 aromatic heterocycles. The van der Waals surface area contributed by atoms with Gasteiger partial charge in [0.25, 0.3) is 5.69 Å². The largest absolute Gasteiger partial charge is 0.398 e. The molecule has 19 heavy (non-hydrogen) atoms. The van der Waals surface area contributed by atoms with E-state index in [1.165, 1.54) is 18.2 Å². The number of nitrogen functional groups attached to an aromatic ring is 1. The van der Waals surface area contributed by atoms with Gasteiger partial charge in [-0.3, -0.25) is 10.1 Å². The van der Waals surface area contributed by atoms with Gasteiger partial charge < -0.3 is 10.3 Å². The standard InChI is InChI=1S/C12H13N5O2/c1-7-14-15-12(16(7)8-2-3-8)10-6-9(17(18)19)4-5-11(10)13/h4-6,8H,2-3,13H2,1H3. The van der Waals surface area contributed by atoms with E-state index in [4.69, 9.17) is 5.73 Å². The molecule has 2 N–H and O–H groups in total. The highest BCUT2D eigenvalue weighted by molar-refractivity contribution is 5.74. The molecule has 0 spiro atoms. The summed E-state index contributed by atoms with van der Waals surface area (Å²) in [6, 6.07) is 4.78. The molecule has 0 bridgehead atoms. The van der Waals surface area contributed by atoms with E-state index in [-0.39, 0.29) is 5.69 Å². The number of non-ortho nitro benzene ring substituents is 1. The summed E-state index contributed by atoms with van der Waals surface area (Å²) in [5, 5.41) is 19.0. The summed E-state index contributed by atoms with van der Waals surface area (Å²) in [6.07, 6.45) is 2.17. The van der Waals surface area contributed by atoms with Crippen LogP contribution in [0.4, 0.5) is 11.4 Å². The number of benzene rings is 1. The Hall–Kier alpha value is -2.44. The van der Waals surface area contributed by atoms with Gasteiger partial charge in [-0.25, -0.2) is 0 Å². The molecule has 3 rings (SSSR count). The summed E-state index contributed by atoms with van der Waals surface area (Å²) in [6.45, 7) is 1.88. The van der Waals surface area contributed by atoms with Gasteiger partial charge in [0.1, 0.15) is 5.82 Å². The number of aromatic nitrogens is 3. The van der Waals surface area contributed by atoms with Gasteiger partial charge >= 0.3 is 0 Å². The number of nitro benzene ring substituents is 1. The molecule has 0 amide bonds. The Morgan fingerprint density at radius 2 is 2.16 bits per heavy atom. The molecule has 7 nitrogen and oxygen atoms in total. The Kier molecular flexibility index (Phi) is 2.48. The predicted octanol–water partition coefficient (Wildman–Crippen LogP) is 2.08. The van der Waals surface area contributed by atoms with Crippen molar-refractivity contribution in [3.63, 3.8) is 0 Å². The third kappa shape index (κ3) is 1.92. The van der Waals surface area contributed by atoms with Gasteiger partial charge in [-0.2, -0.15) is 0 Å². The highest BCUT2D eigenvalue weighted by atomic mass is 16.6. The summed E-state index contributed by atoms with van der Waals surface area (Å²) in [5.41, 5.74) is 6.97. The maximum Gasteiger partial charge on any atom is 0.270 e. The first-order chi connectivity index (χ1) is 9.08. The summed E-state index contributed by atoms with van der Waals surface area (Å²) in [5.74, 6) is 1.42. The van der Waals surface area contributed by atoms with Crippen molar-refractivity contribution >= 4 is 11.4 Å². The van der Waals surface area contributed by atoms with Crippen molar-refractivity contribution in [3.05, 3.63) is 34.1 Å². The third-order valence-electron chi connectivity index (χ3n) is 3.27. The lowest BCUT2D eigenvalue weighted by molar-refractivity contribution is -0.384. The van der Waals surface area contributed by atoms with E-state index in [9.17, 15) is 10.1 Å². The van der Waals surface area contributed by atoms with Crippen molar-refractivity contribution in [2.45, 2.75) is 25.8 Å². The third-order valence-corrected chi connectivity index (χ3v) is 3.27. The number of anilines is 1. The zero-order valence-corrected chi connectivity index (χ0v) is 10.4. The van der Waals surface area contributed by atoms with E-state index < -0.39 is 4.92 Å². The van der Waals surface area contributed by atoms with Crippen LogP contribution in [0.5, 0.6) is 0 Å². The first kappa shape index (κ1) is 11.6. The summed E-state index contributed by atoms with van der Waals surface area (Å²) < 4.78 is 2.01. The molecule has 1 saturated carbocycles. The second-order valence-corrected chi connectivity index (χ2v) is 4.70. The van der Waals surface area contributed by atoms with Gasteiger partial charge in [-0.15, -0.1) is 10.2 Å². The van der Waals surface area contributed by atoms with Crippen molar-refractivity contribution < 1.29 is 4.92 Å². The smallest absolute Gasteiger partial charge is 0.270 e. The molecule has 1 aliphatic rings. The van der Waals surface area contributed by atoms with Crippen LogP contribution in [0.2, 0.25) is 0 Å². The molecular weight excluding hydrogens is 246 g/mol. The predicted molar refractivity (Wildman–Crippen MR) is 69.5 cm³/mol. The topological polar surface area (TPSA) is 99.9 Å². The SMILES string of the molecule is Cc1nnc(-c2cc([N+](=O)[O-])ccc2N)n1C1CC1. The minimum atomic E-state index is -0.437. The number of nitro groups is 1. The Balaban J connectivity index is 2.16. The quantitative estimate of drug-likeness (QED) is 0.516. The molecule has 2 aromatic rings. The monoisotopic (exact) mass is 259 g/mol. The van der Waals surface area contributed by atoms with Gasteiger partial charge in [0.2, 0.25) is 0 Å². The molecule has 0 unspecified atom stereocenters. The average molecular weight is 259 g/mol. The maximum absolute atomic E-state index is 10.9. The lowest BCUT2D eigenvalue weighted by atomic mass is 10.1. The highest BCUT2D eigenvalue weighted by Crippen LogP contribution is 2.40. The fourth-order valence-electron chi connectivity index (χ4n) is 2.17. The fourth-order valence-corrected chi connectivity index (χ4v) is 2.17. The molecule has 0 saturated heterocycles. The normalized spacial score (nSPS) is 14.6. The van der Waals surface area contributed by atoms with Crippen LogP contribution < -0.4 is 5.73 Å². The lowest BCUT2D eigenvalue weighted by Crippen LogP contribution is -2.02. The number of rotatable bonds is 3. The maximum atomic E-state index is 10.9. The minimum absolute atomic E-state index is 0.00667. The van der Waals surface area contributed by atoms with E-state index in [0.717, 1.165) is 18.7 Å². The molecule has 7 heteroatoms. The Morgan fingerprint density at radius 3 is 2.79 bits per heavy atom. The first-order valence-corrected chi connectivity index (χ1v) is 6.03. The molecule has 0 radical (unpaired) electrons. The number of nitrogens with zero attached hydrogens (tertiary/aromatic N) is 4. The van der Waals surface area contributed by atoms with Crippen LogP contribution >= 0.6 is 0 Å². The fraction of sp³-hybridized carbons (Fsp3) is 0.333. The molecule has 1 heterocycles. The molecule has 1 aliphatic carbocycles. The zero-order chi connectivity index (χ0) is 13.6. The van der Waals surface area contributed by atoms with Crippen LogP contribution in [0, 0.1) is 17.0 Å². The Labute approximate surface area is 109 Å². The van der Waals surface area contributed by atoms with Gasteiger partial charge in [0.15, 0.2) is 5.82 Å². The van der Waals surface area contributed by atoms with Crippen LogP contribution in [0.25, 0.3) is 11.4 Å².